The van der Waals surface area contributed by atoms with Crippen LogP contribution in [0.15, 0.2) is 12.1 Å². The van der Waals surface area contributed by atoms with Gasteiger partial charge in [0, 0.05) is 19.1 Å². The molecule has 1 heterocycles. The van der Waals surface area contributed by atoms with Crippen molar-refractivity contribution in [3.63, 3.8) is 0 Å². The highest BCUT2D eigenvalue weighted by Crippen LogP contribution is 2.29. The Kier molecular flexibility index (Phi) is 5.12. The van der Waals surface area contributed by atoms with Crippen molar-refractivity contribution in [1.82, 2.24) is 4.90 Å². The first-order valence-corrected chi connectivity index (χ1v) is 7.44. The van der Waals surface area contributed by atoms with Gasteiger partial charge in [-0.15, -0.1) is 0 Å². The van der Waals surface area contributed by atoms with Crippen LogP contribution < -0.4 is 5.32 Å². The Morgan fingerprint density at radius 2 is 2.10 bits per heavy atom. The molecule has 5 nitrogen and oxygen atoms in total. The summed E-state index contributed by atoms with van der Waals surface area (Å²) in [6.45, 7) is 6.88. The Morgan fingerprint density at radius 3 is 2.67 bits per heavy atom. The molecule has 0 amide bonds. The molecule has 6 heteroatoms. The number of benzene rings is 1. The van der Waals surface area contributed by atoms with E-state index < -0.39 is 10.7 Å². The van der Waals surface area contributed by atoms with Gasteiger partial charge in [-0.05, 0) is 44.4 Å². The average Bonchev–Trinajstić information content (AvgIpc) is 2.44. The topological polar surface area (TPSA) is 58.4 Å². The zero-order chi connectivity index (χ0) is 15.4. The molecule has 1 fully saturated rings. The van der Waals surface area contributed by atoms with Gasteiger partial charge in [0.2, 0.25) is 0 Å². The number of nitrogens with zero attached hydrogens (tertiary/aromatic N) is 2. The smallest absolute Gasteiger partial charge is 0.295 e. The lowest BCUT2D eigenvalue weighted by atomic mass is 10.0. The lowest BCUT2D eigenvalue weighted by Gasteiger charge is -2.32. The van der Waals surface area contributed by atoms with Crippen LogP contribution in [0, 0.1) is 22.9 Å². The van der Waals surface area contributed by atoms with Crippen molar-refractivity contribution >= 4 is 11.4 Å². The van der Waals surface area contributed by atoms with Gasteiger partial charge in [-0.2, -0.15) is 0 Å². The molecule has 0 saturated carbocycles. The van der Waals surface area contributed by atoms with Crippen LogP contribution in [0.3, 0.4) is 0 Å². The van der Waals surface area contributed by atoms with Crippen molar-refractivity contribution in [3.8, 4) is 0 Å². The van der Waals surface area contributed by atoms with Crippen LogP contribution in [0.1, 0.15) is 31.7 Å². The minimum absolute atomic E-state index is 0.186. The standard InChI is InChI=1S/C15H22FN3O2/c1-3-6-18-7-4-12(5-8-18)17-14-9-11(2)13(16)10-15(14)19(20)21/h9-10,12,17H,3-8H2,1-2H3. The number of nitro groups is 1. The third-order valence-electron chi connectivity index (χ3n) is 3.96. The first-order valence-electron chi connectivity index (χ1n) is 7.44. The highest BCUT2D eigenvalue weighted by molar-refractivity contribution is 5.63. The van der Waals surface area contributed by atoms with Crippen molar-refractivity contribution in [3.05, 3.63) is 33.6 Å². The molecule has 0 aromatic heterocycles. The highest BCUT2D eigenvalue weighted by atomic mass is 19.1. The SMILES string of the molecule is CCCN1CCC(Nc2cc(C)c(F)cc2[N+](=O)[O-])CC1. The van der Waals surface area contributed by atoms with Crippen LogP contribution in [0.4, 0.5) is 15.8 Å². The largest absolute Gasteiger partial charge is 0.377 e. The monoisotopic (exact) mass is 295 g/mol. The molecule has 0 radical (unpaired) electrons. The van der Waals surface area contributed by atoms with E-state index >= 15 is 0 Å². The number of nitro benzene ring substituents is 1. The maximum atomic E-state index is 13.5. The summed E-state index contributed by atoms with van der Waals surface area (Å²) < 4.78 is 13.5. The van der Waals surface area contributed by atoms with Crippen molar-refractivity contribution in [1.29, 1.82) is 0 Å². The molecule has 0 atom stereocenters. The van der Waals surface area contributed by atoms with Crippen molar-refractivity contribution in [2.24, 2.45) is 0 Å². The van der Waals surface area contributed by atoms with Crippen LogP contribution in [0.5, 0.6) is 0 Å². The van der Waals surface area contributed by atoms with Crippen LogP contribution in [-0.2, 0) is 0 Å². The second-order valence-corrected chi connectivity index (χ2v) is 5.64. The van der Waals surface area contributed by atoms with Crippen LogP contribution in [-0.4, -0.2) is 35.5 Å². The summed E-state index contributed by atoms with van der Waals surface area (Å²) in [4.78, 5) is 12.9. The number of aryl methyl sites for hydroxylation is 1. The summed E-state index contributed by atoms with van der Waals surface area (Å²) in [6, 6.07) is 2.75. The fourth-order valence-electron chi connectivity index (χ4n) is 2.77. The number of nitrogens with one attached hydrogen (secondary N) is 1. The summed E-state index contributed by atoms with van der Waals surface area (Å²) >= 11 is 0. The molecule has 0 bridgehead atoms. The van der Waals surface area contributed by atoms with Gasteiger partial charge < -0.3 is 10.2 Å². The number of halogens is 1. The Bertz CT molecular complexity index is 514. The quantitative estimate of drug-likeness (QED) is 0.668. The summed E-state index contributed by atoms with van der Waals surface area (Å²) in [5.41, 5.74) is 0.661. The van der Waals surface area contributed by atoms with Gasteiger partial charge in [-0.3, -0.25) is 10.1 Å². The van der Waals surface area contributed by atoms with E-state index in [4.69, 9.17) is 0 Å². The number of piperidine rings is 1. The molecule has 116 valence electrons. The van der Waals surface area contributed by atoms with Gasteiger partial charge >= 0.3 is 0 Å². The van der Waals surface area contributed by atoms with Crippen molar-refractivity contribution < 1.29 is 9.31 Å². The first kappa shape index (κ1) is 15.7. The van der Waals surface area contributed by atoms with E-state index in [2.05, 4.69) is 17.1 Å². The molecule has 1 aliphatic heterocycles. The van der Waals surface area contributed by atoms with E-state index in [9.17, 15) is 14.5 Å². The second-order valence-electron chi connectivity index (χ2n) is 5.64. The molecule has 1 N–H and O–H groups in total. The van der Waals surface area contributed by atoms with Crippen LogP contribution in [0.25, 0.3) is 0 Å². The molecule has 0 aliphatic carbocycles. The summed E-state index contributed by atoms with van der Waals surface area (Å²) in [5.74, 6) is -0.537. The predicted octanol–water partition coefficient (Wildman–Crippen LogP) is 3.33. The van der Waals surface area contributed by atoms with Crippen molar-refractivity contribution in [2.45, 2.75) is 39.2 Å². The van der Waals surface area contributed by atoms with Crippen LogP contribution >= 0.6 is 0 Å². The molecule has 21 heavy (non-hydrogen) atoms. The lowest BCUT2D eigenvalue weighted by Crippen LogP contribution is -2.39. The fraction of sp³-hybridized carbons (Fsp3) is 0.600. The Morgan fingerprint density at radius 1 is 1.43 bits per heavy atom. The van der Waals surface area contributed by atoms with Gasteiger partial charge in [-0.25, -0.2) is 4.39 Å². The van der Waals surface area contributed by atoms with E-state index in [0.29, 0.717) is 11.3 Å². The van der Waals surface area contributed by atoms with E-state index in [-0.39, 0.29) is 11.7 Å². The van der Waals surface area contributed by atoms with Gasteiger partial charge in [0.05, 0.1) is 11.0 Å². The van der Waals surface area contributed by atoms with Gasteiger partial charge in [0.25, 0.3) is 5.69 Å². The Hall–Kier alpha value is -1.69. The second kappa shape index (κ2) is 6.85. The summed E-state index contributed by atoms with van der Waals surface area (Å²) in [7, 11) is 0. The molecule has 1 aromatic rings. The maximum absolute atomic E-state index is 13.5. The minimum Gasteiger partial charge on any atom is -0.377 e. The molecular formula is C15H22FN3O2. The molecule has 0 unspecified atom stereocenters. The first-order chi connectivity index (χ1) is 10.0. The summed E-state index contributed by atoms with van der Waals surface area (Å²) in [6.07, 6.45) is 3.04. The zero-order valence-corrected chi connectivity index (χ0v) is 12.6. The normalized spacial score (nSPS) is 16.9. The fourth-order valence-corrected chi connectivity index (χ4v) is 2.77. The van der Waals surface area contributed by atoms with Crippen molar-refractivity contribution in [2.75, 3.05) is 25.0 Å². The van der Waals surface area contributed by atoms with Crippen LogP contribution in [0.2, 0.25) is 0 Å². The Labute approximate surface area is 124 Å². The molecule has 1 saturated heterocycles. The van der Waals surface area contributed by atoms with Gasteiger partial charge in [0.1, 0.15) is 11.5 Å². The predicted molar refractivity (Wildman–Crippen MR) is 81.2 cm³/mol. The average molecular weight is 295 g/mol. The molecule has 0 spiro atoms. The maximum Gasteiger partial charge on any atom is 0.295 e. The number of hydrogen-bond donors (Lipinski definition) is 1. The lowest BCUT2D eigenvalue weighted by molar-refractivity contribution is -0.384. The summed E-state index contributed by atoms with van der Waals surface area (Å²) in [5, 5.41) is 14.3. The molecule has 1 aliphatic rings. The van der Waals surface area contributed by atoms with E-state index in [1.165, 1.54) is 6.07 Å². The zero-order valence-electron chi connectivity index (χ0n) is 12.6. The number of anilines is 1. The number of hydrogen-bond acceptors (Lipinski definition) is 4. The molecular weight excluding hydrogens is 273 g/mol. The third kappa shape index (κ3) is 3.91. The Balaban J connectivity index is 2.06. The van der Waals surface area contributed by atoms with E-state index in [1.54, 1.807) is 6.92 Å². The third-order valence-corrected chi connectivity index (χ3v) is 3.96. The highest BCUT2D eigenvalue weighted by Gasteiger charge is 2.23. The number of rotatable bonds is 5. The minimum atomic E-state index is -0.537. The molecule has 2 rings (SSSR count). The van der Waals surface area contributed by atoms with E-state index in [1.807, 2.05) is 0 Å². The number of likely N-dealkylation sites (tertiary alicyclic amines) is 1. The molecule has 1 aromatic carbocycles. The van der Waals surface area contributed by atoms with Gasteiger partial charge in [-0.1, -0.05) is 6.92 Å². The van der Waals surface area contributed by atoms with E-state index in [0.717, 1.165) is 45.0 Å². The van der Waals surface area contributed by atoms with Gasteiger partial charge in [0.15, 0.2) is 0 Å².